The lowest BCUT2D eigenvalue weighted by molar-refractivity contribution is 0.670. The second-order valence-electron chi connectivity index (χ2n) is 11.3. The Hall–Kier alpha value is -6.65. The largest absolute Gasteiger partial charge is 0.455 e. The van der Waals surface area contributed by atoms with Crippen LogP contribution >= 0.6 is 0 Å². The smallest absolute Gasteiger partial charge is 0.164 e. The zero-order chi connectivity index (χ0) is 44.5. The molecule has 0 bridgehead atoms. The first kappa shape index (κ1) is 17.0. The molecule has 0 unspecified atom stereocenters. The summed E-state index contributed by atoms with van der Waals surface area (Å²) in [5.74, 6) is -0.488. The van der Waals surface area contributed by atoms with Gasteiger partial charge in [-0.25, -0.2) is 15.0 Å². The zero-order valence-electron chi connectivity index (χ0n) is 39.3. The molecule has 0 spiro atoms. The predicted octanol–water partition coefficient (Wildman–Crippen LogP) is 11.9. The van der Waals surface area contributed by atoms with Gasteiger partial charge in [-0.3, -0.25) is 0 Å². The molecule has 0 amide bonds. The van der Waals surface area contributed by atoms with Gasteiger partial charge in [-0.1, -0.05) is 133 Å². The third kappa shape index (κ3) is 4.57. The fourth-order valence-electron chi connectivity index (χ4n) is 6.21. The fraction of sp³-hybridized carbons (Fsp3) is 0. The molecule has 4 heteroatoms. The summed E-state index contributed by atoms with van der Waals surface area (Å²) in [4.78, 5) is 14.4. The Labute approximate surface area is 301 Å². The van der Waals surface area contributed by atoms with Crippen molar-refractivity contribution in [3.63, 3.8) is 0 Å². The Kier molecular flexibility index (Phi) is 3.79. The second-order valence-corrected chi connectivity index (χ2v) is 11.3. The molecular formula is C45H27N3O. The van der Waals surface area contributed by atoms with Crippen molar-refractivity contribution in [2.75, 3.05) is 0 Å². The molecule has 0 atom stereocenters. The lowest BCUT2D eigenvalue weighted by Crippen LogP contribution is -2.01. The van der Waals surface area contributed by atoms with Crippen LogP contribution in [0.4, 0.5) is 0 Å². The van der Waals surface area contributed by atoms with Crippen LogP contribution < -0.4 is 0 Å². The Balaban J connectivity index is 1.35. The van der Waals surface area contributed by atoms with E-state index >= 15 is 0 Å². The van der Waals surface area contributed by atoms with Crippen molar-refractivity contribution in [1.29, 1.82) is 0 Å². The molecule has 0 saturated carbocycles. The molecule has 0 aliphatic carbocycles. The SMILES string of the molecule is [2H]c1ccc2oc3c(-c4c([2H])c([2H])c([2H])c([2H])c4[2H])cc([2H])c(-c4nc(-c5ccc6ccc7ccccc7c6c5)nc(-c5c([2H])c([2H])c6c([2H])c([2H])c([2H])c([2H])c6c5[2H])n4)c3c2c1. The summed E-state index contributed by atoms with van der Waals surface area (Å²) in [7, 11) is 0. The maximum atomic E-state index is 9.58. The van der Waals surface area contributed by atoms with E-state index < -0.39 is 72.5 Å². The summed E-state index contributed by atoms with van der Waals surface area (Å²) in [6.45, 7) is 0. The molecule has 4 nitrogen and oxygen atoms in total. The van der Waals surface area contributed by atoms with Gasteiger partial charge in [-0.2, -0.15) is 0 Å². The maximum absolute atomic E-state index is 9.58. The normalized spacial score (nSPS) is 15.7. The Morgan fingerprint density at radius 2 is 1.20 bits per heavy atom. The number of fused-ring (bicyclic) bond motifs is 7. The van der Waals surface area contributed by atoms with Gasteiger partial charge in [0.25, 0.3) is 0 Å². The summed E-state index contributed by atoms with van der Waals surface area (Å²) < 4.78 is 128. The van der Waals surface area contributed by atoms with Crippen molar-refractivity contribution in [3.05, 3.63) is 163 Å². The molecule has 0 N–H and O–H groups in total. The first-order valence-corrected chi connectivity index (χ1v) is 15.3. The predicted molar refractivity (Wildman–Crippen MR) is 201 cm³/mol. The molecule has 0 aliphatic rings. The highest BCUT2D eigenvalue weighted by molar-refractivity contribution is 6.16. The quantitative estimate of drug-likeness (QED) is 0.180. The van der Waals surface area contributed by atoms with Crippen molar-refractivity contribution in [2.24, 2.45) is 0 Å². The third-order valence-corrected chi connectivity index (χ3v) is 8.49. The Bertz CT molecular complexity index is 3670. The van der Waals surface area contributed by atoms with Gasteiger partial charge in [0.05, 0.1) is 19.2 Å². The van der Waals surface area contributed by atoms with Crippen LogP contribution in [0.1, 0.15) is 19.2 Å². The fourth-order valence-corrected chi connectivity index (χ4v) is 6.21. The average Bonchev–Trinajstić information content (AvgIpc) is 3.65. The Morgan fingerprint density at radius 3 is 2.10 bits per heavy atom. The average molecular weight is 640 g/mol. The van der Waals surface area contributed by atoms with Crippen molar-refractivity contribution in [3.8, 4) is 45.3 Å². The van der Waals surface area contributed by atoms with E-state index in [0.717, 1.165) is 21.5 Å². The Morgan fingerprint density at radius 1 is 0.449 bits per heavy atom. The van der Waals surface area contributed by atoms with Gasteiger partial charge >= 0.3 is 0 Å². The van der Waals surface area contributed by atoms with Gasteiger partial charge in [0.2, 0.25) is 0 Å². The van der Waals surface area contributed by atoms with Crippen LogP contribution in [-0.4, -0.2) is 15.0 Å². The monoisotopic (exact) mass is 639 g/mol. The first-order valence-electron chi connectivity index (χ1n) is 22.3. The standard InChI is InChI=1S/C45H27N3O/c1-2-11-29(12-3-1)36-24-25-38(41-37-16-8-9-17-40(37)49-42(36)41)45-47-43(33-22-18-28-10-4-5-14-32(28)26-33)46-44(48-45)34-23-21-31-20-19-30-13-6-7-15-35(30)39(31)27-34/h1-27H/i1D,2D,3D,4D,5D,8D,10D,11D,12D,14D,18D,22D,25D,26D. The lowest BCUT2D eigenvalue weighted by Gasteiger charge is -2.12. The van der Waals surface area contributed by atoms with Gasteiger partial charge < -0.3 is 4.42 Å². The van der Waals surface area contributed by atoms with E-state index in [2.05, 4.69) is 0 Å². The zero-order valence-corrected chi connectivity index (χ0v) is 25.3. The molecule has 10 rings (SSSR count). The van der Waals surface area contributed by atoms with Crippen molar-refractivity contribution >= 4 is 54.3 Å². The number of benzene rings is 8. The van der Waals surface area contributed by atoms with Crippen LogP contribution in [-0.2, 0) is 0 Å². The van der Waals surface area contributed by atoms with Crippen LogP contribution in [0.3, 0.4) is 0 Å². The number of hydrogen-bond acceptors (Lipinski definition) is 4. The lowest BCUT2D eigenvalue weighted by atomic mass is 9.98. The molecule has 8 aromatic carbocycles. The van der Waals surface area contributed by atoms with Crippen LogP contribution in [0, 0.1) is 0 Å². The molecular weight excluding hydrogens is 599 g/mol. The summed E-state index contributed by atoms with van der Waals surface area (Å²) in [6, 6.07) is 15.9. The molecule has 10 aromatic rings. The summed E-state index contributed by atoms with van der Waals surface area (Å²) in [6.07, 6.45) is 0. The van der Waals surface area contributed by atoms with E-state index in [-0.39, 0.29) is 79.1 Å². The van der Waals surface area contributed by atoms with E-state index in [1.165, 1.54) is 24.3 Å². The van der Waals surface area contributed by atoms with E-state index in [0.29, 0.717) is 10.9 Å². The number of para-hydroxylation sites is 1. The van der Waals surface area contributed by atoms with Crippen molar-refractivity contribution in [1.82, 2.24) is 15.0 Å². The third-order valence-electron chi connectivity index (χ3n) is 8.49. The van der Waals surface area contributed by atoms with Crippen LogP contribution in [0.5, 0.6) is 0 Å². The van der Waals surface area contributed by atoms with E-state index in [4.69, 9.17) is 34.4 Å². The van der Waals surface area contributed by atoms with Crippen molar-refractivity contribution < 1.29 is 23.6 Å². The molecule has 0 saturated heterocycles. The minimum atomic E-state index is -0.634. The molecule has 2 heterocycles. The number of furan rings is 1. The summed E-state index contributed by atoms with van der Waals surface area (Å²) in [5, 5.41) is 3.51. The maximum Gasteiger partial charge on any atom is 0.164 e. The van der Waals surface area contributed by atoms with Gasteiger partial charge in [-0.15, -0.1) is 0 Å². The highest BCUT2D eigenvalue weighted by atomic mass is 16.3. The highest BCUT2D eigenvalue weighted by Gasteiger charge is 2.21. The summed E-state index contributed by atoms with van der Waals surface area (Å²) in [5.41, 5.74) is 0.141. The highest BCUT2D eigenvalue weighted by Crippen LogP contribution is 2.41. The molecule has 0 radical (unpaired) electrons. The van der Waals surface area contributed by atoms with Gasteiger partial charge in [0.1, 0.15) is 11.2 Å². The van der Waals surface area contributed by atoms with E-state index in [9.17, 15) is 4.11 Å². The van der Waals surface area contributed by atoms with E-state index in [1.807, 2.05) is 48.5 Å². The molecule has 0 aliphatic heterocycles. The van der Waals surface area contributed by atoms with Crippen LogP contribution in [0.15, 0.2) is 168 Å². The van der Waals surface area contributed by atoms with Gasteiger partial charge in [-0.05, 0) is 68.2 Å². The van der Waals surface area contributed by atoms with Gasteiger partial charge in [0.15, 0.2) is 17.5 Å². The topological polar surface area (TPSA) is 51.8 Å². The molecule has 2 aromatic heterocycles. The van der Waals surface area contributed by atoms with E-state index in [1.54, 1.807) is 6.07 Å². The van der Waals surface area contributed by atoms with Crippen LogP contribution in [0.2, 0.25) is 0 Å². The molecule has 0 fully saturated rings. The summed E-state index contributed by atoms with van der Waals surface area (Å²) >= 11 is 0. The molecule has 49 heavy (non-hydrogen) atoms. The van der Waals surface area contributed by atoms with Crippen molar-refractivity contribution in [2.45, 2.75) is 0 Å². The first-order chi connectivity index (χ1) is 30.1. The number of hydrogen-bond donors (Lipinski definition) is 0. The number of rotatable bonds is 4. The second kappa shape index (κ2) is 11.0. The number of nitrogens with zero attached hydrogens (tertiary/aromatic N) is 3. The minimum absolute atomic E-state index is 0.00112. The minimum Gasteiger partial charge on any atom is -0.455 e. The van der Waals surface area contributed by atoms with Crippen LogP contribution in [0.25, 0.3) is 99.5 Å². The number of aromatic nitrogens is 3. The van der Waals surface area contributed by atoms with Gasteiger partial charge in [0, 0.05) is 33.0 Å². The molecule has 228 valence electrons.